The number of ether oxygens (including phenoxy) is 1. The number of nitrogens with zero attached hydrogens (tertiary/aromatic N) is 4. The van der Waals surface area contributed by atoms with Crippen LogP contribution in [0.2, 0.25) is 0 Å². The number of imidazole rings is 1. The zero-order chi connectivity index (χ0) is 16.7. The Morgan fingerprint density at radius 1 is 1.29 bits per heavy atom. The quantitative estimate of drug-likeness (QED) is 0.877. The molecule has 2 aliphatic rings. The molecule has 7 heteroatoms. The van der Waals surface area contributed by atoms with Crippen LogP contribution in [0.3, 0.4) is 0 Å². The minimum absolute atomic E-state index is 0.144. The molecular weight excluding hydrogens is 304 g/mol. The fourth-order valence-electron chi connectivity index (χ4n) is 3.23. The van der Waals surface area contributed by atoms with Gasteiger partial charge in [0.25, 0.3) is 0 Å². The lowest BCUT2D eigenvalue weighted by Crippen LogP contribution is -2.26. The van der Waals surface area contributed by atoms with E-state index in [1.54, 1.807) is 13.4 Å². The predicted octanol–water partition coefficient (Wildman–Crippen LogP) is 2.36. The topological polar surface area (TPSA) is 79.0 Å². The van der Waals surface area contributed by atoms with Crippen LogP contribution in [0, 0.1) is 13.8 Å². The van der Waals surface area contributed by atoms with Crippen LogP contribution in [-0.4, -0.2) is 45.7 Å². The van der Waals surface area contributed by atoms with E-state index < -0.39 is 0 Å². The zero-order valence-electron chi connectivity index (χ0n) is 14.4. The van der Waals surface area contributed by atoms with Crippen molar-refractivity contribution in [3.8, 4) is 0 Å². The molecule has 2 N–H and O–H groups in total. The lowest BCUT2D eigenvalue weighted by atomic mass is 10.2. The average Bonchev–Trinajstić information content (AvgIpc) is 3.18. The molecule has 128 valence electrons. The van der Waals surface area contributed by atoms with Crippen LogP contribution in [-0.2, 0) is 4.74 Å². The number of aromatic amines is 1. The van der Waals surface area contributed by atoms with E-state index in [4.69, 9.17) is 9.72 Å². The number of nitrogens with one attached hydrogen (secondary N) is 2. The molecule has 1 saturated carbocycles. The molecule has 7 nitrogen and oxygen atoms in total. The highest BCUT2D eigenvalue weighted by Gasteiger charge is 2.36. The van der Waals surface area contributed by atoms with Gasteiger partial charge in [0.05, 0.1) is 17.8 Å². The lowest BCUT2D eigenvalue weighted by Gasteiger charge is -2.24. The van der Waals surface area contributed by atoms with E-state index in [-0.39, 0.29) is 12.1 Å². The summed E-state index contributed by atoms with van der Waals surface area (Å²) in [7, 11) is 1.77. The van der Waals surface area contributed by atoms with Gasteiger partial charge in [-0.2, -0.15) is 0 Å². The number of H-pyrrole nitrogens is 1. The highest BCUT2D eigenvalue weighted by atomic mass is 16.5. The first kappa shape index (κ1) is 15.4. The first-order valence-corrected chi connectivity index (χ1v) is 8.55. The Morgan fingerprint density at radius 3 is 2.79 bits per heavy atom. The van der Waals surface area contributed by atoms with Crippen molar-refractivity contribution >= 4 is 11.6 Å². The van der Waals surface area contributed by atoms with Crippen molar-refractivity contribution in [2.75, 3.05) is 23.9 Å². The molecule has 0 bridgehead atoms. The monoisotopic (exact) mass is 328 g/mol. The Morgan fingerprint density at radius 2 is 2.12 bits per heavy atom. The second-order valence-electron chi connectivity index (χ2n) is 6.77. The van der Waals surface area contributed by atoms with E-state index in [9.17, 15) is 0 Å². The number of aryl methyl sites for hydroxylation is 2. The Kier molecular flexibility index (Phi) is 3.88. The van der Waals surface area contributed by atoms with Gasteiger partial charge in [0.1, 0.15) is 23.8 Å². The van der Waals surface area contributed by atoms with Gasteiger partial charge >= 0.3 is 0 Å². The summed E-state index contributed by atoms with van der Waals surface area (Å²) in [4.78, 5) is 19.2. The van der Waals surface area contributed by atoms with Crippen LogP contribution in [0.4, 0.5) is 11.6 Å². The van der Waals surface area contributed by atoms with Crippen molar-refractivity contribution in [2.24, 2.45) is 0 Å². The number of aromatic nitrogens is 4. The minimum Gasteiger partial charge on any atom is -0.380 e. The Labute approximate surface area is 141 Å². The lowest BCUT2D eigenvalue weighted by molar-refractivity contribution is 0.118. The van der Waals surface area contributed by atoms with E-state index in [0.717, 1.165) is 41.8 Å². The molecule has 1 saturated heterocycles. The molecule has 2 aromatic heterocycles. The summed E-state index contributed by atoms with van der Waals surface area (Å²) in [6.07, 6.45) is 5.16. The number of hydrogen-bond acceptors (Lipinski definition) is 6. The molecule has 0 amide bonds. The van der Waals surface area contributed by atoms with E-state index in [1.807, 2.05) is 13.0 Å². The van der Waals surface area contributed by atoms with Gasteiger partial charge in [0.2, 0.25) is 0 Å². The third-order valence-electron chi connectivity index (χ3n) is 4.93. The summed E-state index contributed by atoms with van der Waals surface area (Å²) in [5.41, 5.74) is 2.16. The smallest absolute Gasteiger partial charge is 0.134 e. The van der Waals surface area contributed by atoms with E-state index in [0.29, 0.717) is 6.04 Å². The number of rotatable bonds is 5. The van der Waals surface area contributed by atoms with Gasteiger partial charge in [-0.3, -0.25) is 0 Å². The van der Waals surface area contributed by atoms with Crippen molar-refractivity contribution in [3.05, 3.63) is 29.6 Å². The van der Waals surface area contributed by atoms with Crippen LogP contribution in [0.15, 0.2) is 12.4 Å². The van der Waals surface area contributed by atoms with Crippen molar-refractivity contribution in [1.82, 2.24) is 19.9 Å². The fourth-order valence-corrected chi connectivity index (χ4v) is 3.23. The summed E-state index contributed by atoms with van der Waals surface area (Å²) in [6, 6.07) is 2.75. The van der Waals surface area contributed by atoms with Gasteiger partial charge < -0.3 is 19.9 Å². The van der Waals surface area contributed by atoms with Crippen LogP contribution < -0.4 is 10.2 Å². The molecule has 24 heavy (non-hydrogen) atoms. The molecule has 1 aliphatic carbocycles. The van der Waals surface area contributed by atoms with Crippen LogP contribution in [0.5, 0.6) is 0 Å². The molecule has 0 unspecified atom stereocenters. The van der Waals surface area contributed by atoms with Gasteiger partial charge in [-0.15, -0.1) is 0 Å². The molecule has 2 fully saturated rings. The van der Waals surface area contributed by atoms with Gasteiger partial charge in [-0.25, -0.2) is 15.0 Å². The number of anilines is 2. The molecular formula is C17H24N6O. The molecule has 1 aliphatic heterocycles. The largest absolute Gasteiger partial charge is 0.380 e. The Bertz CT molecular complexity index is 706. The van der Waals surface area contributed by atoms with Crippen molar-refractivity contribution in [2.45, 2.75) is 51.3 Å². The Hall–Kier alpha value is -2.15. The summed E-state index contributed by atoms with van der Waals surface area (Å²) < 4.78 is 5.61. The fraction of sp³-hybridized carbons (Fsp3) is 0.588. The van der Waals surface area contributed by atoms with Crippen molar-refractivity contribution in [1.29, 1.82) is 0 Å². The van der Waals surface area contributed by atoms with Crippen LogP contribution >= 0.6 is 0 Å². The molecule has 2 atom stereocenters. The van der Waals surface area contributed by atoms with Gasteiger partial charge in [0, 0.05) is 37.9 Å². The van der Waals surface area contributed by atoms with Crippen molar-refractivity contribution in [3.63, 3.8) is 0 Å². The molecule has 0 aromatic carbocycles. The number of hydrogen-bond donors (Lipinski definition) is 2. The Balaban J connectivity index is 1.63. The molecule has 3 heterocycles. The third kappa shape index (κ3) is 2.96. The average molecular weight is 328 g/mol. The maximum absolute atomic E-state index is 5.61. The van der Waals surface area contributed by atoms with Gasteiger partial charge in [-0.1, -0.05) is 0 Å². The van der Waals surface area contributed by atoms with E-state index in [2.05, 4.69) is 32.1 Å². The maximum Gasteiger partial charge on any atom is 0.134 e. The first-order chi connectivity index (χ1) is 11.6. The first-order valence-electron chi connectivity index (χ1n) is 8.55. The zero-order valence-corrected chi connectivity index (χ0v) is 14.4. The second-order valence-corrected chi connectivity index (χ2v) is 6.77. The van der Waals surface area contributed by atoms with Crippen molar-refractivity contribution < 1.29 is 4.74 Å². The summed E-state index contributed by atoms with van der Waals surface area (Å²) in [5, 5.41) is 3.44. The second kappa shape index (κ2) is 6.05. The van der Waals surface area contributed by atoms with E-state index >= 15 is 0 Å². The van der Waals surface area contributed by atoms with Crippen LogP contribution in [0.25, 0.3) is 0 Å². The predicted molar refractivity (Wildman–Crippen MR) is 92.2 cm³/mol. The summed E-state index contributed by atoms with van der Waals surface area (Å²) in [5.74, 6) is 2.80. The maximum atomic E-state index is 5.61. The summed E-state index contributed by atoms with van der Waals surface area (Å²) in [6.45, 7) is 4.89. The molecule has 0 radical (unpaired) electrons. The molecule has 0 spiro atoms. The van der Waals surface area contributed by atoms with Gasteiger partial charge in [0.15, 0.2) is 0 Å². The molecule has 2 aromatic rings. The highest BCUT2D eigenvalue weighted by Crippen LogP contribution is 2.36. The SMILES string of the molecule is CO[C@@H]1C[C@@H](c2nc(C)c(C)[nH]2)N(c2cc(NC3CC3)ncn2)C1. The summed E-state index contributed by atoms with van der Waals surface area (Å²) >= 11 is 0. The molecule has 4 rings (SSSR count). The highest BCUT2D eigenvalue weighted by molar-refractivity contribution is 5.51. The van der Waals surface area contributed by atoms with E-state index in [1.165, 1.54) is 12.8 Å². The van der Waals surface area contributed by atoms with Gasteiger partial charge in [-0.05, 0) is 26.7 Å². The third-order valence-corrected chi connectivity index (χ3v) is 4.93. The van der Waals surface area contributed by atoms with Crippen LogP contribution in [0.1, 0.15) is 42.5 Å². The normalized spacial score (nSPS) is 23.7. The number of methoxy groups -OCH3 is 1. The standard InChI is InChI=1S/C17H24N6O/c1-10-11(2)21-17(20-10)14-6-13(24-3)8-23(14)16-7-15(18-9-19-16)22-12-4-5-12/h7,9,12-14H,4-6,8H2,1-3H3,(H,20,21)(H,18,19,22)/t13-,14+/m1/s1. The minimum atomic E-state index is 0.144.